The van der Waals surface area contributed by atoms with Gasteiger partial charge in [-0.25, -0.2) is 0 Å². The zero-order valence-electron chi connectivity index (χ0n) is 13.9. The second-order valence-electron chi connectivity index (χ2n) is 6.42. The molecule has 1 fully saturated rings. The molecular formula is C18H30N2O. The summed E-state index contributed by atoms with van der Waals surface area (Å²) in [6.07, 6.45) is 4.18. The Bertz CT molecular complexity index is 416. The Morgan fingerprint density at radius 1 is 1.19 bits per heavy atom. The zero-order valence-corrected chi connectivity index (χ0v) is 13.9. The fourth-order valence-electron chi connectivity index (χ4n) is 2.83. The van der Waals surface area contributed by atoms with E-state index in [-0.39, 0.29) is 0 Å². The third kappa shape index (κ3) is 5.01. The van der Waals surface area contributed by atoms with Gasteiger partial charge in [0, 0.05) is 31.9 Å². The lowest BCUT2D eigenvalue weighted by Gasteiger charge is -2.24. The molecule has 3 heteroatoms. The van der Waals surface area contributed by atoms with E-state index in [1.807, 2.05) is 0 Å². The van der Waals surface area contributed by atoms with E-state index < -0.39 is 0 Å². The van der Waals surface area contributed by atoms with Crippen molar-refractivity contribution in [2.45, 2.75) is 58.3 Å². The van der Waals surface area contributed by atoms with E-state index in [2.05, 4.69) is 62.3 Å². The van der Waals surface area contributed by atoms with Crippen LogP contribution in [0.3, 0.4) is 0 Å². The minimum absolute atomic E-state index is 0.361. The van der Waals surface area contributed by atoms with Crippen LogP contribution in [0.25, 0.3) is 0 Å². The number of hydrogen-bond donors (Lipinski definition) is 1. The number of anilines is 1. The largest absolute Gasteiger partial charge is 0.372 e. The van der Waals surface area contributed by atoms with Crippen molar-refractivity contribution in [3.63, 3.8) is 0 Å². The average molecular weight is 290 g/mol. The van der Waals surface area contributed by atoms with Crippen molar-refractivity contribution in [1.29, 1.82) is 0 Å². The quantitative estimate of drug-likeness (QED) is 0.834. The second kappa shape index (κ2) is 7.81. The Morgan fingerprint density at radius 3 is 2.48 bits per heavy atom. The van der Waals surface area contributed by atoms with Crippen LogP contribution in [0.4, 0.5) is 5.69 Å². The third-order valence-corrected chi connectivity index (χ3v) is 4.21. The molecule has 2 unspecified atom stereocenters. The highest BCUT2D eigenvalue weighted by atomic mass is 16.5. The molecule has 0 aromatic heterocycles. The van der Waals surface area contributed by atoms with Gasteiger partial charge in [0.25, 0.3) is 0 Å². The number of likely N-dealkylation sites (N-methyl/N-ethyl adjacent to an activating group) is 1. The van der Waals surface area contributed by atoms with E-state index >= 15 is 0 Å². The van der Waals surface area contributed by atoms with Gasteiger partial charge in [-0.2, -0.15) is 0 Å². The van der Waals surface area contributed by atoms with E-state index in [9.17, 15) is 0 Å². The van der Waals surface area contributed by atoms with Crippen molar-refractivity contribution < 1.29 is 4.74 Å². The molecule has 1 aliphatic heterocycles. The highest BCUT2D eigenvalue weighted by Crippen LogP contribution is 2.22. The molecule has 1 aromatic carbocycles. The van der Waals surface area contributed by atoms with Crippen molar-refractivity contribution in [3.05, 3.63) is 29.8 Å². The highest BCUT2D eigenvalue weighted by Gasteiger charge is 2.26. The van der Waals surface area contributed by atoms with Crippen molar-refractivity contribution in [3.8, 4) is 0 Å². The SMILES string of the molecule is CCc1ccc(N(C)CC2CCC(CNC(C)C)O2)cc1. The summed E-state index contributed by atoms with van der Waals surface area (Å²) in [7, 11) is 2.16. The minimum atomic E-state index is 0.361. The number of rotatable bonds is 7. The summed E-state index contributed by atoms with van der Waals surface area (Å²) in [4.78, 5) is 2.31. The molecule has 1 aromatic rings. The minimum Gasteiger partial charge on any atom is -0.372 e. The number of ether oxygens (including phenoxy) is 1. The van der Waals surface area contributed by atoms with Crippen molar-refractivity contribution >= 4 is 5.69 Å². The first-order chi connectivity index (χ1) is 10.1. The van der Waals surface area contributed by atoms with Crippen molar-refractivity contribution in [2.24, 2.45) is 0 Å². The Kier molecular flexibility index (Phi) is 6.07. The highest BCUT2D eigenvalue weighted by molar-refractivity contribution is 5.47. The maximum Gasteiger partial charge on any atom is 0.0755 e. The molecular weight excluding hydrogens is 260 g/mol. The molecule has 1 aliphatic rings. The molecule has 1 heterocycles. The predicted molar refractivity (Wildman–Crippen MR) is 90.1 cm³/mol. The van der Waals surface area contributed by atoms with Crippen LogP contribution in [0.15, 0.2) is 24.3 Å². The molecule has 0 spiro atoms. The van der Waals surface area contributed by atoms with Crippen LogP contribution in [0.2, 0.25) is 0 Å². The van der Waals surface area contributed by atoms with Crippen LogP contribution < -0.4 is 10.2 Å². The fourth-order valence-corrected chi connectivity index (χ4v) is 2.83. The van der Waals surface area contributed by atoms with Gasteiger partial charge in [0.1, 0.15) is 0 Å². The molecule has 2 atom stereocenters. The molecule has 0 bridgehead atoms. The Labute approximate surface area is 129 Å². The van der Waals surface area contributed by atoms with E-state index in [4.69, 9.17) is 4.74 Å². The van der Waals surface area contributed by atoms with Gasteiger partial charge in [-0.1, -0.05) is 32.9 Å². The van der Waals surface area contributed by atoms with Gasteiger partial charge in [-0.05, 0) is 37.0 Å². The van der Waals surface area contributed by atoms with Gasteiger partial charge in [0.05, 0.1) is 12.2 Å². The first kappa shape index (κ1) is 16.3. The molecule has 0 saturated carbocycles. The molecule has 2 rings (SSSR count). The van der Waals surface area contributed by atoms with Gasteiger partial charge in [-0.15, -0.1) is 0 Å². The van der Waals surface area contributed by atoms with Gasteiger partial charge < -0.3 is 15.0 Å². The normalized spacial score (nSPS) is 22.0. The smallest absolute Gasteiger partial charge is 0.0755 e. The monoisotopic (exact) mass is 290 g/mol. The number of aryl methyl sites for hydroxylation is 1. The Hall–Kier alpha value is -1.06. The van der Waals surface area contributed by atoms with E-state index in [1.165, 1.54) is 24.1 Å². The summed E-state index contributed by atoms with van der Waals surface area (Å²) in [6.45, 7) is 8.50. The average Bonchev–Trinajstić information content (AvgIpc) is 2.92. The summed E-state index contributed by atoms with van der Waals surface area (Å²) in [5.41, 5.74) is 2.67. The van der Waals surface area contributed by atoms with Gasteiger partial charge in [0.15, 0.2) is 0 Å². The molecule has 0 amide bonds. The number of nitrogens with zero attached hydrogens (tertiary/aromatic N) is 1. The summed E-state index contributed by atoms with van der Waals surface area (Å²) in [6, 6.07) is 9.40. The first-order valence-electron chi connectivity index (χ1n) is 8.27. The number of hydrogen-bond acceptors (Lipinski definition) is 3. The summed E-state index contributed by atoms with van der Waals surface area (Å²) in [5.74, 6) is 0. The molecule has 1 N–H and O–H groups in total. The molecule has 21 heavy (non-hydrogen) atoms. The predicted octanol–water partition coefficient (Wildman–Crippen LogP) is 3.23. The second-order valence-corrected chi connectivity index (χ2v) is 6.42. The maximum absolute atomic E-state index is 6.14. The Balaban J connectivity index is 1.79. The molecule has 118 valence electrons. The number of nitrogens with one attached hydrogen (secondary N) is 1. The van der Waals surface area contributed by atoms with Crippen molar-refractivity contribution in [2.75, 3.05) is 25.0 Å². The molecule has 1 saturated heterocycles. The van der Waals surface area contributed by atoms with Crippen LogP contribution in [-0.2, 0) is 11.2 Å². The van der Waals surface area contributed by atoms with Gasteiger partial charge >= 0.3 is 0 Å². The molecule has 0 radical (unpaired) electrons. The van der Waals surface area contributed by atoms with Gasteiger partial charge in [-0.3, -0.25) is 0 Å². The van der Waals surface area contributed by atoms with Gasteiger partial charge in [0.2, 0.25) is 0 Å². The molecule has 3 nitrogen and oxygen atoms in total. The van der Waals surface area contributed by atoms with Crippen LogP contribution in [0.5, 0.6) is 0 Å². The Morgan fingerprint density at radius 2 is 1.86 bits per heavy atom. The fraction of sp³-hybridized carbons (Fsp3) is 0.667. The van der Waals surface area contributed by atoms with E-state index in [1.54, 1.807) is 0 Å². The lowest BCUT2D eigenvalue weighted by atomic mass is 10.1. The summed E-state index contributed by atoms with van der Waals surface area (Å²) < 4.78 is 6.14. The third-order valence-electron chi connectivity index (χ3n) is 4.21. The lowest BCUT2D eigenvalue weighted by Crippen LogP contribution is -2.34. The summed E-state index contributed by atoms with van der Waals surface area (Å²) >= 11 is 0. The van der Waals surface area contributed by atoms with Crippen LogP contribution in [0.1, 0.15) is 39.2 Å². The standard InChI is InChI=1S/C18H30N2O/c1-5-15-6-8-16(9-7-15)20(4)13-18-11-10-17(21-18)12-19-14(2)3/h6-9,14,17-19H,5,10-13H2,1-4H3. The molecule has 0 aliphatic carbocycles. The summed E-state index contributed by atoms with van der Waals surface area (Å²) in [5, 5.41) is 3.47. The van der Waals surface area contributed by atoms with Crippen LogP contribution >= 0.6 is 0 Å². The zero-order chi connectivity index (χ0) is 15.2. The van der Waals surface area contributed by atoms with Crippen molar-refractivity contribution in [1.82, 2.24) is 5.32 Å². The lowest BCUT2D eigenvalue weighted by molar-refractivity contribution is 0.0489. The van der Waals surface area contributed by atoms with E-state index in [0.29, 0.717) is 18.2 Å². The topological polar surface area (TPSA) is 24.5 Å². The maximum atomic E-state index is 6.14. The number of benzene rings is 1. The van der Waals surface area contributed by atoms with Crippen LogP contribution in [0, 0.1) is 0 Å². The van der Waals surface area contributed by atoms with E-state index in [0.717, 1.165) is 19.5 Å². The first-order valence-corrected chi connectivity index (χ1v) is 8.27. The van der Waals surface area contributed by atoms with Crippen LogP contribution in [-0.4, -0.2) is 38.4 Å².